The fourth-order valence-electron chi connectivity index (χ4n) is 5.53. The number of hydrogen-bond donors (Lipinski definition) is 2. The van der Waals surface area contributed by atoms with Gasteiger partial charge in [-0.05, 0) is 51.1 Å². The van der Waals surface area contributed by atoms with E-state index in [9.17, 15) is 9.59 Å². The molecule has 6 nitrogen and oxygen atoms in total. The highest BCUT2D eigenvalue weighted by atomic mass is 16.5. The topological polar surface area (TPSA) is 90.7 Å². The highest BCUT2D eigenvalue weighted by Crippen LogP contribution is 2.44. The first-order chi connectivity index (χ1) is 21.1. The van der Waals surface area contributed by atoms with Crippen molar-refractivity contribution in [3.05, 3.63) is 155 Å². The van der Waals surface area contributed by atoms with Crippen LogP contribution in [0.1, 0.15) is 33.7 Å². The van der Waals surface area contributed by atoms with Crippen LogP contribution < -0.4 is 20.5 Å². The molecule has 5 aromatic carbocycles. The standard InChI is InChI=1S/C37H32N2O4/c38-36(40)32(39-37(41)35-30-17-9-7-15-28(30)29-16-8-10-18-31(29)35)21-27-19-20-33(42-23-25-11-3-1-4-12-25)34(22-27)43-24-26-13-5-2-6-14-26/h1-20,22,32,35H,21,23-24H2,(H2,38,40)(H,39,41)/t32-/m0/s1. The van der Waals surface area contributed by atoms with Crippen LogP contribution in [0.4, 0.5) is 0 Å². The van der Waals surface area contributed by atoms with E-state index in [4.69, 9.17) is 15.2 Å². The van der Waals surface area contributed by atoms with Crippen molar-refractivity contribution in [3.63, 3.8) is 0 Å². The van der Waals surface area contributed by atoms with E-state index in [1.165, 1.54) is 0 Å². The van der Waals surface area contributed by atoms with E-state index < -0.39 is 17.9 Å². The van der Waals surface area contributed by atoms with Gasteiger partial charge in [0.15, 0.2) is 11.5 Å². The number of nitrogens with two attached hydrogens (primary N) is 1. The molecule has 0 saturated carbocycles. The summed E-state index contributed by atoms with van der Waals surface area (Å²) in [7, 11) is 0. The lowest BCUT2D eigenvalue weighted by molar-refractivity contribution is -0.127. The molecule has 0 spiro atoms. The van der Waals surface area contributed by atoms with Crippen molar-refractivity contribution in [1.29, 1.82) is 0 Å². The number of nitrogens with one attached hydrogen (secondary N) is 1. The molecule has 1 atom stereocenters. The summed E-state index contributed by atoms with van der Waals surface area (Å²) in [5.41, 5.74) is 12.6. The second-order valence-electron chi connectivity index (χ2n) is 10.6. The first kappa shape index (κ1) is 27.8. The number of benzene rings is 5. The predicted octanol–water partition coefficient (Wildman–Crippen LogP) is 6.17. The summed E-state index contributed by atoms with van der Waals surface area (Å²) in [5, 5.41) is 2.94. The van der Waals surface area contributed by atoms with Gasteiger partial charge in [0.25, 0.3) is 0 Å². The number of carbonyl (C=O) groups is 2. The first-order valence-electron chi connectivity index (χ1n) is 14.3. The van der Waals surface area contributed by atoms with Crippen LogP contribution in [0.5, 0.6) is 11.5 Å². The maximum Gasteiger partial charge on any atom is 0.240 e. The number of primary amides is 1. The lowest BCUT2D eigenvalue weighted by Gasteiger charge is -2.21. The first-order valence-corrected chi connectivity index (χ1v) is 14.3. The summed E-state index contributed by atoms with van der Waals surface area (Å²) in [6, 6.07) is 40.2. The van der Waals surface area contributed by atoms with Crippen molar-refractivity contribution in [1.82, 2.24) is 5.32 Å². The summed E-state index contributed by atoms with van der Waals surface area (Å²) in [5.74, 6) is -0.255. The van der Waals surface area contributed by atoms with Crippen LogP contribution in [0.2, 0.25) is 0 Å². The van der Waals surface area contributed by atoms with Crippen LogP contribution >= 0.6 is 0 Å². The second-order valence-corrected chi connectivity index (χ2v) is 10.6. The Morgan fingerprint density at radius 2 is 1.14 bits per heavy atom. The maximum absolute atomic E-state index is 13.7. The molecule has 0 heterocycles. The van der Waals surface area contributed by atoms with Gasteiger partial charge in [0.1, 0.15) is 19.3 Å². The third-order valence-electron chi connectivity index (χ3n) is 7.68. The predicted molar refractivity (Wildman–Crippen MR) is 167 cm³/mol. The van der Waals surface area contributed by atoms with Gasteiger partial charge in [-0.1, -0.05) is 115 Å². The Morgan fingerprint density at radius 1 is 0.628 bits per heavy atom. The minimum Gasteiger partial charge on any atom is -0.485 e. The average Bonchev–Trinajstić information content (AvgIpc) is 3.38. The Labute approximate surface area is 251 Å². The zero-order chi connectivity index (χ0) is 29.6. The van der Waals surface area contributed by atoms with Gasteiger partial charge in [0.05, 0.1) is 5.92 Å². The molecule has 43 heavy (non-hydrogen) atoms. The Morgan fingerprint density at radius 3 is 1.70 bits per heavy atom. The van der Waals surface area contributed by atoms with E-state index in [2.05, 4.69) is 5.32 Å². The summed E-state index contributed by atoms with van der Waals surface area (Å²) in [4.78, 5) is 26.3. The van der Waals surface area contributed by atoms with Crippen LogP contribution in [0, 0.1) is 0 Å². The van der Waals surface area contributed by atoms with Crippen molar-refractivity contribution in [2.24, 2.45) is 5.73 Å². The molecule has 0 bridgehead atoms. The van der Waals surface area contributed by atoms with E-state index in [1.807, 2.05) is 127 Å². The molecule has 0 fully saturated rings. The van der Waals surface area contributed by atoms with Gasteiger partial charge in [0.2, 0.25) is 11.8 Å². The summed E-state index contributed by atoms with van der Waals surface area (Å²) >= 11 is 0. The van der Waals surface area contributed by atoms with Crippen molar-refractivity contribution >= 4 is 11.8 Å². The van der Waals surface area contributed by atoms with Crippen molar-refractivity contribution < 1.29 is 19.1 Å². The SMILES string of the molecule is NC(=O)[C@H](Cc1ccc(OCc2ccccc2)c(OCc2ccccc2)c1)NC(=O)C1c2ccccc2-c2ccccc21. The Kier molecular flexibility index (Phi) is 8.18. The summed E-state index contributed by atoms with van der Waals surface area (Å²) in [6.07, 6.45) is 0.206. The molecule has 0 radical (unpaired) electrons. The number of rotatable bonds is 11. The largest absolute Gasteiger partial charge is 0.485 e. The molecule has 3 N–H and O–H groups in total. The molecule has 1 aliphatic carbocycles. The van der Waals surface area contributed by atoms with Crippen LogP contribution in [0.25, 0.3) is 11.1 Å². The highest BCUT2D eigenvalue weighted by molar-refractivity contribution is 5.98. The molecule has 1 aliphatic rings. The zero-order valence-corrected chi connectivity index (χ0v) is 23.6. The molecule has 6 heteroatoms. The van der Waals surface area contributed by atoms with Crippen LogP contribution in [0.15, 0.2) is 127 Å². The summed E-state index contributed by atoms with van der Waals surface area (Å²) < 4.78 is 12.3. The Hall–Kier alpha value is -5.36. The van der Waals surface area contributed by atoms with E-state index >= 15 is 0 Å². The van der Waals surface area contributed by atoms with Crippen LogP contribution in [-0.2, 0) is 29.2 Å². The fraction of sp³-hybridized carbons (Fsp3) is 0.135. The Bertz CT molecular complexity index is 1690. The van der Waals surface area contributed by atoms with Gasteiger partial charge >= 0.3 is 0 Å². The quantitative estimate of drug-likeness (QED) is 0.199. The molecule has 0 saturated heterocycles. The van der Waals surface area contributed by atoms with E-state index in [0.29, 0.717) is 24.7 Å². The van der Waals surface area contributed by atoms with Gasteiger partial charge < -0.3 is 20.5 Å². The molecule has 2 amide bonds. The minimum atomic E-state index is -0.912. The number of amides is 2. The molecule has 214 valence electrons. The van der Waals surface area contributed by atoms with Crippen molar-refractivity contribution in [2.45, 2.75) is 31.6 Å². The van der Waals surface area contributed by atoms with E-state index in [-0.39, 0.29) is 12.3 Å². The normalized spacial score (nSPS) is 12.6. The van der Waals surface area contributed by atoms with E-state index in [1.54, 1.807) is 0 Å². The van der Waals surface area contributed by atoms with Gasteiger partial charge in [-0.3, -0.25) is 9.59 Å². The molecule has 5 aromatic rings. The van der Waals surface area contributed by atoms with Crippen molar-refractivity contribution in [2.75, 3.05) is 0 Å². The second kappa shape index (κ2) is 12.7. The Balaban J connectivity index is 1.22. The molecule has 6 rings (SSSR count). The molecule has 0 aromatic heterocycles. The van der Waals surface area contributed by atoms with Gasteiger partial charge in [-0.15, -0.1) is 0 Å². The number of fused-ring (bicyclic) bond motifs is 3. The van der Waals surface area contributed by atoms with Gasteiger partial charge in [-0.25, -0.2) is 0 Å². The maximum atomic E-state index is 13.7. The van der Waals surface area contributed by atoms with Crippen LogP contribution in [0.3, 0.4) is 0 Å². The van der Waals surface area contributed by atoms with Gasteiger partial charge in [0, 0.05) is 6.42 Å². The lowest BCUT2D eigenvalue weighted by Crippen LogP contribution is -2.47. The van der Waals surface area contributed by atoms with Gasteiger partial charge in [-0.2, -0.15) is 0 Å². The molecular formula is C37H32N2O4. The lowest BCUT2D eigenvalue weighted by atomic mass is 9.95. The van der Waals surface area contributed by atoms with E-state index in [0.717, 1.165) is 38.9 Å². The molecule has 0 unspecified atom stereocenters. The monoisotopic (exact) mass is 568 g/mol. The number of ether oxygens (including phenoxy) is 2. The molecular weight excluding hydrogens is 536 g/mol. The number of hydrogen-bond acceptors (Lipinski definition) is 4. The smallest absolute Gasteiger partial charge is 0.240 e. The summed E-state index contributed by atoms with van der Waals surface area (Å²) in [6.45, 7) is 0.731. The molecule has 0 aliphatic heterocycles. The van der Waals surface area contributed by atoms with Crippen LogP contribution in [-0.4, -0.2) is 17.9 Å². The van der Waals surface area contributed by atoms with Crippen molar-refractivity contribution in [3.8, 4) is 22.6 Å². The fourth-order valence-corrected chi connectivity index (χ4v) is 5.53. The zero-order valence-electron chi connectivity index (χ0n) is 23.6. The third-order valence-corrected chi connectivity index (χ3v) is 7.68. The highest BCUT2D eigenvalue weighted by Gasteiger charge is 2.35. The average molecular weight is 569 g/mol. The third kappa shape index (κ3) is 6.28. The number of carbonyl (C=O) groups excluding carboxylic acids is 2. The minimum absolute atomic E-state index is 0.206.